The molecule has 7 heteroatoms. The van der Waals surface area contributed by atoms with Crippen molar-refractivity contribution in [2.24, 2.45) is 0 Å². The lowest BCUT2D eigenvalue weighted by atomic mass is 10.1. The summed E-state index contributed by atoms with van der Waals surface area (Å²) < 4.78 is 7.12. The van der Waals surface area contributed by atoms with E-state index in [1.165, 1.54) is 0 Å². The molecule has 3 N–H and O–H groups in total. The molecule has 0 unspecified atom stereocenters. The van der Waals surface area contributed by atoms with Crippen molar-refractivity contribution in [3.8, 4) is 0 Å². The quantitative estimate of drug-likeness (QED) is 0.457. The van der Waals surface area contributed by atoms with Gasteiger partial charge in [0.1, 0.15) is 5.52 Å². The number of amides is 1. The SMILES string of the molecule is Nc1nc2ccccc2c2c1ncn2CCCCCC(=O)NCc1ccoc1. The molecule has 0 bridgehead atoms. The Morgan fingerprint density at radius 3 is 2.93 bits per heavy atom. The second kappa shape index (κ2) is 8.12. The highest BCUT2D eigenvalue weighted by molar-refractivity contribution is 6.06. The van der Waals surface area contributed by atoms with E-state index >= 15 is 0 Å². The summed E-state index contributed by atoms with van der Waals surface area (Å²) in [6.07, 6.45) is 8.40. The predicted molar refractivity (Wildman–Crippen MR) is 108 cm³/mol. The first kappa shape index (κ1) is 18.0. The fourth-order valence-electron chi connectivity index (χ4n) is 3.40. The van der Waals surface area contributed by atoms with Crippen LogP contribution in [0.3, 0.4) is 0 Å². The zero-order valence-electron chi connectivity index (χ0n) is 15.6. The first-order valence-corrected chi connectivity index (χ1v) is 9.49. The van der Waals surface area contributed by atoms with E-state index in [2.05, 4.69) is 19.9 Å². The van der Waals surface area contributed by atoms with Crippen molar-refractivity contribution in [1.82, 2.24) is 19.9 Å². The molecule has 0 radical (unpaired) electrons. The third kappa shape index (κ3) is 3.83. The summed E-state index contributed by atoms with van der Waals surface area (Å²) in [6.45, 7) is 1.35. The van der Waals surface area contributed by atoms with Gasteiger partial charge in [0.05, 0.1) is 29.9 Å². The molecule has 0 atom stereocenters. The number of anilines is 1. The third-order valence-electron chi connectivity index (χ3n) is 4.85. The topological polar surface area (TPSA) is 99.0 Å². The molecule has 0 saturated carbocycles. The largest absolute Gasteiger partial charge is 0.472 e. The minimum Gasteiger partial charge on any atom is -0.472 e. The molecule has 144 valence electrons. The number of furan rings is 1. The maximum Gasteiger partial charge on any atom is 0.220 e. The zero-order chi connectivity index (χ0) is 19.3. The lowest BCUT2D eigenvalue weighted by Crippen LogP contribution is -2.22. The molecule has 4 rings (SSSR count). The molecule has 4 aromatic rings. The van der Waals surface area contributed by atoms with Gasteiger partial charge in [-0.25, -0.2) is 9.97 Å². The van der Waals surface area contributed by atoms with Gasteiger partial charge in [-0.3, -0.25) is 4.79 Å². The number of hydrogen-bond acceptors (Lipinski definition) is 5. The molecule has 0 fully saturated rings. The minimum absolute atomic E-state index is 0.0686. The van der Waals surface area contributed by atoms with Gasteiger partial charge in [0.25, 0.3) is 0 Å². The molecule has 3 aromatic heterocycles. The number of imidazole rings is 1. The monoisotopic (exact) mass is 377 g/mol. The van der Waals surface area contributed by atoms with Crippen molar-refractivity contribution >= 4 is 33.7 Å². The molecule has 1 aromatic carbocycles. The maximum absolute atomic E-state index is 11.9. The summed E-state index contributed by atoms with van der Waals surface area (Å²) in [6, 6.07) is 9.82. The Labute approximate surface area is 162 Å². The van der Waals surface area contributed by atoms with Gasteiger partial charge in [0.15, 0.2) is 5.82 Å². The van der Waals surface area contributed by atoms with Crippen LogP contribution < -0.4 is 11.1 Å². The number of fused-ring (bicyclic) bond motifs is 3. The summed E-state index contributed by atoms with van der Waals surface area (Å²) in [5, 5.41) is 3.96. The maximum atomic E-state index is 11.9. The van der Waals surface area contributed by atoms with Gasteiger partial charge in [-0.15, -0.1) is 0 Å². The lowest BCUT2D eigenvalue weighted by molar-refractivity contribution is -0.121. The van der Waals surface area contributed by atoms with Crippen LogP contribution >= 0.6 is 0 Å². The Kier molecular flexibility index (Phi) is 5.23. The van der Waals surface area contributed by atoms with Gasteiger partial charge < -0.3 is 20.0 Å². The normalized spacial score (nSPS) is 11.3. The summed E-state index contributed by atoms with van der Waals surface area (Å²) in [4.78, 5) is 20.8. The number of rotatable bonds is 8. The number of aryl methyl sites for hydroxylation is 1. The number of carbonyl (C=O) groups is 1. The van der Waals surface area contributed by atoms with Crippen LogP contribution in [0.5, 0.6) is 0 Å². The Balaban J connectivity index is 1.31. The van der Waals surface area contributed by atoms with Gasteiger partial charge in [0, 0.05) is 30.5 Å². The highest BCUT2D eigenvalue weighted by Crippen LogP contribution is 2.27. The highest BCUT2D eigenvalue weighted by atomic mass is 16.3. The summed E-state index contributed by atoms with van der Waals surface area (Å²) in [5.74, 6) is 0.529. The average molecular weight is 377 g/mol. The van der Waals surface area contributed by atoms with Crippen molar-refractivity contribution in [1.29, 1.82) is 0 Å². The number of hydrogen-bond donors (Lipinski definition) is 2. The van der Waals surface area contributed by atoms with Crippen LogP contribution in [-0.2, 0) is 17.9 Å². The first-order valence-electron chi connectivity index (χ1n) is 9.49. The van der Waals surface area contributed by atoms with E-state index in [4.69, 9.17) is 10.2 Å². The van der Waals surface area contributed by atoms with E-state index < -0.39 is 0 Å². The molecular formula is C21H23N5O2. The summed E-state index contributed by atoms with van der Waals surface area (Å²) in [7, 11) is 0. The molecule has 7 nitrogen and oxygen atoms in total. The van der Waals surface area contributed by atoms with E-state index in [0.717, 1.165) is 53.3 Å². The second-order valence-electron chi connectivity index (χ2n) is 6.87. The van der Waals surface area contributed by atoms with Crippen molar-refractivity contribution in [2.75, 3.05) is 5.73 Å². The van der Waals surface area contributed by atoms with E-state index in [0.29, 0.717) is 18.8 Å². The van der Waals surface area contributed by atoms with Gasteiger partial charge in [-0.1, -0.05) is 24.6 Å². The van der Waals surface area contributed by atoms with Crippen LogP contribution in [0, 0.1) is 0 Å². The van der Waals surface area contributed by atoms with Crippen LogP contribution in [0.25, 0.3) is 21.9 Å². The van der Waals surface area contributed by atoms with Crippen LogP contribution in [0.1, 0.15) is 31.2 Å². The van der Waals surface area contributed by atoms with E-state index in [-0.39, 0.29) is 5.91 Å². The number of aromatic nitrogens is 3. The van der Waals surface area contributed by atoms with Gasteiger partial charge >= 0.3 is 0 Å². The van der Waals surface area contributed by atoms with Crippen molar-refractivity contribution < 1.29 is 9.21 Å². The number of unbranched alkanes of at least 4 members (excludes halogenated alkanes) is 2. The number of nitrogens with two attached hydrogens (primary N) is 1. The first-order chi connectivity index (χ1) is 13.7. The van der Waals surface area contributed by atoms with Crippen molar-refractivity contribution in [2.45, 2.75) is 38.8 Å². The molecule has 28 heavy (non-hydrogen) atoms. The predicted octanol–water partition coefficient (Wildman–Crippen LogP) is 3.64. The molecule has 0 spiro atoms. The molecule has 1 amide bonds. The van der Waals surface area contributed by atoms with Gasteiger partial charge in [0.2, 0.25) is 5.91 Å². The van der Waals surface area contributed by atoms with Crippen LogP contribution in [0.2, 0.25) is 0 Å². The Morgan fingerprint density at radius 2 is 2.07 bits per heavy atom. The fraction of sp³-hybridized carbons (Fsp3) is 0.286. The van der Waals surface area contributed by atoms with Gasteiger partial charge in [-0.2, -0.15) is 0 Å². The van der Waals surface area contributed by atoms with Crippen LogP contribution in [-0.4, -0.2) is 20.4 Å². The molecule has 0 aliphatic rings. The summed E-state index contributed by atoms with van der Waals surface area (Å²) in [5.41, 5.74) is 9.70. The lowest BCUT2D eigenvalue weighted by Gasteiger charge is -2.08. The number of para-hydroxylation sites is 1. The number of benzene rings is 1. The number of pyridine rings is 1. The van der Waals surface area contributed by atoms with Crippen LogP contribution in [0.4, 0.5) is 5.82 Å². The number of nitrogens with zero attached hydrogens (tertiary/aromatic N) is 3. The number of nitrogens with one attached hydrogen (secondary N) is 1. The van der Waals surface area contributed by atoms with Crippen molar-refractivity contribution in [3.63, 3.8) is 0 Å². The molecule has 0 aliphatic carbocycles. The average Bonchev–Trinajstić information content (AvgIpc) is 3.37. The standard InChI is InChI=1S/C21H23N5O2/c22-21-19-20(16-6-3-4-7-17(16)25-21)26(14-24-19)10-5-1-2-8-18(27)23-12-15-9-11-28-13-15/h3-4,6-7,9,11,13-14H,1-2,5,8,10,12H2,(H2,22,25)(H,23,27). The number of nitrogen functional groups attached to an aromatic ring is 1. The number of carbonyl (C=O) groups excluding carboxylic acids is 1. The van der Waals surface area contributed by atoms with Crippen molar-refractivity contribution in [3.05, 3.63) is 54.7 Å². The second-order valence-corrected chi connectivity index (χ2v) is 6.87. The zero-order valence-corrected chi connectivity index (χ0v) is 15.6. The Bertz CT molecular complexity index is 1090. The molecule has 0 saturated heterocycles. The van der Waals surface area contributed by atoms with Gasteiger partial charge in [-0.05, 0) is 25.0 Å². The van der Waals surface area contributed by atoms with E-state index in [9.17, 15) is 4.79 Å². The highest BCUT2D eigenvalue weighted by Gasteiger charge is 2.11. The molecule has 3 heterocycles. The molecular weight excluding hydrogens is 354 g/mol. The smallest absolute Gasteiger partial charge is 0.220 e. The minimum atomic E-state index is 0.0686. The molecule has 0 aliphatic heterocycles. The van der Waals surface area contributed by atoms with Crippen LogP contribution in [0.15, 0.2) is 53.6 Å². The third-order valence-corrected chi connectivity index (χ3v) is 4.85. The van der Waals surface area contributed by atoms with E-state index in [1.54, 1.807) is 12.5 Å². The summed E-state index contributed by atoms with van der Waals surface area (Å²) >= 11 is 0. The van der Waals surface area contributed by atoms with E-state index in [1.807, 2.05) is 36.7 Å². The Morgan fingerprint density at radius 1 is 1.18 bits per heavy atom. The Hall–Kier alpha value is -3.35. The fourth-order valence-corrected chi connectivity index (χ4v) is 3.40.